The van der Waals surface area contributed by atoms with Crippen molar-refractivity contribution in [2.75, 3.05) is 39.9 Å². The van der Waals surface area contributed by atoms with Gasteiger partial charge in [0.05, 0.1) is 25.3 Å². The van der Waals surface area contributed by atoms with E-state index in [-0.39, 0.29) is 11.3 Å². The minimum absolute atomic E-state index is 0.0461. The van der Waals surface area contributed by atoms with Crippen LogP contribution in [0.1, 0.15) is 56.0 Å². The Labute approximate surface area is 260 Å². The molecule has 234 valence electrons. The maximum atomic E-state index is 13.6. The monoisotopic (exact) mass is 600 g/mol. The number of methoxy groups -OCH3 is 1. The number of Topliss-reactive ketones (excluding diaryl/α,β-unsaturated/α-hetero) is 1. The lowest BCUT2D eigenvalue weighted by atomic mass is 9.94. The van der Waals surface area contributed by atoms with E-state index in [1.807, 2.05) is 43.3 Å². The first-order valence-electron chi connectivity index (χ1n) is 15.3. The van der Waals surface area contributed by atoms with Crippen LogP contribution in [-0.4, -0.2) is 66.5 Å². The molecule has 1 atom stereocenters. The average Bonchev–Trinajstić information content (AvgIpc) is 3.28. The molecule has 1 saturated heterocycles. The molecular weight excluding hydrogens is 556 g/mol. The number of ether oxygens (including phenoxy) is 3. The second-order valence-corrected chi connectivity index (χ2v) is 11.4. The SMILES string of the molecule is CCN(CC)CCN1C(=O)C(=O)/C(=C(/O)c2ccc(OCC(C)C)c(C)c2)C1c1ccc(OCc2ccccc2)c(OC)c1. The molecule has 8 nitrogen and oxygen atoms in total. The summed E-state index contributed by atoms with van der Waals surface area (Å²) in [5, 5.41) is 11.6. The number of nitrogens with zero attached hydrogens (tertiary/aromatic N) is 2. The van der Waals surface area contributed by atoms with E-state index in [2.05, 4.69) is 32.6 Å². The first-order valence-corrected chi connectivity index (χ1v) is 15.3. The number of likely N-dealkylation sites (tertiary alicyclic amines) is 1. The lowest BCUT2D eigenvalue weighted by molar-refractivity contribution is -0.140. The first-order chi connectivity index (χ1) is 21.2. The van der Waals surface area contributed by atoms with E-state index in [0.717, 1.165) is 24.2 Å². The number of aryl methyl sites for hydroxylation is 1. The molecule has 4 rings (SSSR count). The highest BCUT2D eigenvalue weighted by molar-refractivity contribution is 6.46. The van der Waals surface area contributed by atoms with Crippen LogP contribution in [0.4, 0.5) is 0 Å². The van der Waals surface area contributed by atoms with Crippen LogP contribution in [0.3, 0.4) is 0 Å². The largest absolute Gasteiger partial charge is 0.507 e. The molecule has 8 heteroatoms. The van der Waals surface area contributed by atoms with Crippen molar-refractivity contribution in [1.29, 1.82) is 0 Å². The predicted molar refractivity (Wildman–Crippen MR) is 172 cm³/mol. The molecule has 3 aromatic rings. The van der Waals surface area contributed by atoms with Crippen molar-refractivity contribution < 1.29 is 28.9 Å². The fourth-order valence-electron chi connectivity index (χ4n) is 5.33. The lowest BCUT2D eigenvalue weighted by Gasteiger charge is -2.28. The van der Waals surface area contributed by atoms with Crippen molar-refractivity contribution in [3.8, 4) is 17.2 Å². The maximum Gasteiger partial charge on any atom is 0.295 e. The molecule has 0 aliphatic carbocycles. The van der Waals surface area contributed by atoms with Gasteiger partial charge in [0, 0.05) is 18.7 Å². The number of benzene rings is 3. The summed E-state index contributed by atoms with van der Waals surface area (Å²) >= 11 is 0. The Morgan fingerprint density at radius 1 is 0.932 bits per heavy atom. The molecule has 1 N–H and O–H groups in total. The van der Waals surface area contributed by atoms with Gasteiger partial charge < -0.3 is 29.1 Å². The zero-order valence-electron chi connectivity index (χ0n) is 26.6. The van der Waals surface area contributed by atoms with Gasteiger partial charge in [0.15, 0.2) is 11.5 Å². The van der Waals surface area contributed by atoms with Gasteiger partial charge in [0.2, 0.25) is 0 Å². The highest BCUT2D eigenvalue weighted by Crippen LogP contribution is 2.42. The Hall–Kier alpha value is -4.30. The van der Waals surface area contributed by atoms with Gasteiger partial charge in [-0.15, -0.1) is 0 Å². The third-order valence-corrected chi connectivity index (χ3v) is 7.85. The molecule has 0 saturated carbocycles. The first kappa shape index (κ1) is 32.6. The minimum Gasteiger partial charge on any atom is -0.507 e. The number of likely N-dealkylation sites (N-methyl/N-ethyl adjacent to an activating group) is 1. The average molecular weight is 601 g/mol. The van der Waals surface area contributed by atoms with E-state index in [0.29, 0.717) is 60.6 Å². The zero-order chi connectivity index (χ0) is 31.8. The van der Waals surface area contributed by atoms with Crippen LogP contribution in [0.2, 0.25) is 0 Å². The molecule has 1 heterocycles. The van der Waals surface area contributed by atoms with Gasteiger partial charge in [0.1, 0.15) is 18.1 Å². The highest BCUT2D eigenvalue weighted by atomic mass is 16.5. The number of aliphatic hydroxyl groups excluding tert-OH is 1. The van der Waals surface area contributed by atoms with Crippen LogP contribution in [0.5, 0.6) is 17.2 Å². The summed E-state index contributed by atoms with van der Waals surface area (Å²) in [7, 11) is 1.55. The molecule has 0 bridgehead atoms. The zero-order valence-corrected chi connectivity index (χ0v) is 26.6. The molecule has 3 aromatic carbocycles. The lowest BCUT2D eigenvalue weighted by Crippen LogP contribution is -2.38. The van der Waals surface area contributed by atoms with E-state index in [4.69, 9.17) is 14.2 Å². The molecule has 0 aromatic heterocycles. The van der Waals surface area contributed by atoms with E-state index >= 15 is 0 Å². The standard InChI is InChI=1S/C36H44N2O6/c1-7-37(8-2)18-19-38-33(27-14-17-30(31(21-27)42-6)44-23-26-12-10-9-11-13-26)32(35(40)36(38)41)34(39)28-15-16-29(25(5)20-28)43-22-24(3)4/h9-17,20-21,24,33,39H,7-8,18-19,22-23H2,1-6H3/b34-32+. The Morgan fingerprint density at radius 3 is 2.27 bits per heavy atom. The quantitative estimate of drug-likeness (QED) is 0.131. The molecule has 0 spiro atoms. The van der Waals surface area contributed by atoms with Crippen molar-refractivity contribution in [2.24, 2.45) is 5.92 Å². The van der Waals surface area contributed by atoms with Crippen molar-refractivity contribution in [3.63, 3.8) is 0 Å². The van der Waals surface area contributed by atoms with Crippen LogP contribution in [0, 0.1) is 12.8 Å². The minimum atomic E-state index is -0.806. The molecule has 0 radical (unpaired) electrons. The second-order valence-electron chi connectivity index (χ2n) is 11.4. The van der Waals surface area contributed by atoms with Crippen LogP contribution >= 0.6 is 0 Å². The van der Waals surface area contributed by atoms with Crippen molar-refractivity contribution >= 4 is 17.4 Å². The third kappa shape index (κ3) is 7.42. The fraction of sp³-hybridized carbons (Fsp3) is 0.389. The van der Waals surface area contributed by atoms with Gasteiger partial charge in [0.25, 0.3) is 11.7 Å². The van der Waals surface area contributed by atoms with Gasteiger partial charge in [-0.1, -0.05) is 64.1 Å². The number of hydrogen-bond acceptors (Lipinski definition) is 7. The number of carbonyl (C=O) groups excluding carboxylic acids is 2. The van der Waals surface area contributed by atoms with Gasteiger partial charge in [-0.3, -0.25) is 9.59 Å². The van der Waals surface area contributed by atoms with Crippen molar-refractivity contribution in [3.05, 3.63) is 94.6 Å². The summed E-state index contributed by atoms with van der Waals surface area (Å²) in [5.74, 6) is 0.502. The van der Waals surface area contributed by atoms with E-state index in [9.17, 15) is 14.7 Å². The van der Waals surface area contributed by atoms with E-state index < -0.39 is 17.7 Å². The molecule has 1 fully saturated rings. The number of aliphatic hydroxyl groups is 1. The molecular formula is C36H44N2O6. The summed E-state index contributed by atoms with van der Waals surface area (Å²) in [4.78, 5) is 30.9. The number of hydrogen-bond donors (Lipinski definition) is 1. The number of rotatable bonds is 14. The molecule has 44 heavy (non-hydrogen) atoms. The summed E-state index contributed by atoms with van der Waals surface area (Å²) in [6.45, 7) is 13.6. The van der Waals surface area contributed by atoms with Crippen LogP contribution in [0.15, 0.2) is 72.3 Å². The Morgan fingerprint density at radius 2 is 1.64 bits per heavy atom. The Bertz CT molecular complexity index is 1480. The Kier molecular flexibility index (Phi) is 11.1. The highest BCUT2D eigenvalue weighted by Gasteiger charge is 2.46. The van der Waals surface area contributed by atoms with Crippen LogP contribution < -0.4 is 14.2 Å². The molecule has 1 aliphatic heterocycles. The molecule has 1 unspecified atom stereocenters. The number of ketones is 1. The third-order valence-electron chi connectivity index (χ3n) is 7.85. The van der Waals surface area contributed by atoms with Crippen LogP contribution in [0.25, 0.3) is 5.76 Å². The van der Waals surface area contributed by atoms with E-state index in [1.54, 1.807) is 42.3 Å². The number of carbonyl (C=O) groups is 2. The normalized spacial score (nSPS) is 16.2. The number of amides is 1. The predicted octanol–water partition coefficient (Wildman–Crippen LogP) is 6.38. The second kappa shape index (κ2) is 14.9. The van der Waals surface area contributed by atoms with Gasteiger partial charge in [-0.05, 0) is 73.0 Å². The topological polar surface area (TPSA) is 88.5 Å². The molecule has 1 amide bonds. The maximum absolute atomic E-state index is 13.6. The summed E-state index contributed by atoms with van der Waals surface area (Å²) in [6.07, 6.45) is 0. The van der Waals surface area contributed by atoms with Gasteiger partial charge in [-0.2, -0.15) is 0 Å². The van der Waals surface area contributed by atoms with Crippen molar-refractivity contribution in [1.82, 2.24) is 9.80 Å². The van der Waals surface area contributed by atoms with E-state index in [1.165, 1.54) is 0 Å². The van der Waals surface area contributed by atoms with Gasteiger partial charge in [-0.25, -0.2) is 0 Å². The summed E-state index contributed by atoms with van der Waals surface area (Å²) < 4.78 is 17.7. The van der Waals surface area contributed by atoms with Gasteiger partial charge >= 0.3 is 0 Å². The Balaban J connectivity index is 1.75. The summed E-state index contributed by atoms with van der Waals surface area (Å²) in [5.41, 5.74) is 2.97. The van der Waals surface area contributed by atoms with Crippen LogP contribution in [-0.2, 0) is 16.2 Å². The smallest absolute Gasteiger partial charge is 0.295 e. The fourth-order valence-corrected chi connectivity index (χ4v) is 5.33. The summed E-state index contributed by atoms with van der Waals surface area (Å²) in [6, 6.07) is 19.7. The molecule has 1 aliphatic rings. The van der Waals surface area contributed by atoms with Crippen molar-refractivity contribution in [2.45, 2.75) is 47.3 Å².